The van der Waals surface area contributed by atoms with Gasteiger partial charge in [-0.3, -0.25) is 0 Å². The highest BCUT2D eigenvalue weighted by Gasteiger charge is 2.20. The van der Waals surface area contributed by atoms with E-state index in [-0.39, 0.29) is 0 Å². The first-order chi connectivity index (χ1) is 57.9. The quantitative estimate of drug-likeness (QED) is 0.125. The molecule has 6 aromatic heterocycles. The highest BCUT2D eigenvalue weighted by Crippen LogP contribution is 2.41. The first-order valence-electron chi connectivity index (χ1n) is 39.2. The summed E-state index contributed by atoms with van der Waals surface area (Å²) in [5, 5.41) is 9.93. The molecule has 23 aromatic rings. The Hall–Kier alpha value is -15.8. The van der Waals surface area contributed by atoms with Crippen LogP contribution in [-0.4, -0.2) is 29.9 Å². The first-order valence-corrected chi connectivity index (χ1v) is 39.2. The molecular formula is C108H68N6O3. The summed E-state index contributed by atoms with van der Waals surface area (Å²) in [6.45, 7) is 0. The fourth-order valence-electron chi connectivity index (χ4n) is 16.0. The number of hydrogen-bond donors (Lipinski definition) is 0. The molecule has 17 aromatic carbocycles. The lowest BCUT2D eigenvalue weighted by Crippen LogP contribution is -1.95. The molecule has 0 atom stereocenters. The van der Waals surface area contributed by atoms with Crippen LogP contribution in [0.3, 0.4) is 0 Å². The van der Waals surface area contributed by atoms with Gasteiger partial charge in [0, 0.05) is 81.9 Å². The van der Waals surface area contributed by atoms with E-state index < -0.39 is 0 Å². The zero-order chi connectivity index (χ0) is 77.5. The van der Waals surface area contributed by atoms with Gasteiger partial charge in [-0.15, -0.1) is 0 Å². The molecular weight excluding hydrogens is 1430 g/mol. The van der Waals surface area contributed by atoms with Crippen molar-refractivity contribution in [1.82, 2.24) is 29.9 Å². The zero-order valence-electron chi connectivity index (χ0n) is 63.2. The number of aromatic nitrogens is 6. The van der Waals surface area contributed by atoms with Crippen LogP contribution in [0.4, 0.5) is 0 Å². The smallest absolute Gasteiger partial charge is 0.160 e. The number of rotatable bonds is 11. The van der Waals surface area contributed by atoms with E-state index >= 15 is 0 Å². The molecule has 548 valence electrons. The Morgan fingerprint density at radius 2 is 0.393 bits per heavy atom. The molecule has 9 heteroatoms. The number of nitrogens with zero attached hydrogens (tertiary/aromatic N) is 6. The largest absolute Gasteiger partial charge is 0.456 e. The van der Waals surface area contributed by atoms with Crippen molar-refractivity contribution < 1.29 is 13.3 Å². The Labute approximate surface area is 673 Å². The normalized spacial score (nSPS) is 11.4. The lowest BCUT2D eigenvalue weighted by atomic mass is 9.96. The number of hydrogen-bond acceptors (Lipinski definition) is 9. The van der Waals surface area contributed by atoms with Crippen LogP contribution in [0.5, 0.6) is 0 Å². The third kappa shape index (κ3) is 13.5. The number of fused-ring (bicyclic) bond motifs is 12. The second kappa shape index (κ2) is 30.0. The number of para-hydroxylation sites is 3. The second-order valence-corrected chi connectivity index (χ2v) is 29.2. The number of benzene rings is 17. The van der Waals surface area contributed by atoms with E-state index in [2.05, 4.69) is 273 Å². The van der Waals surface area contributed by atoms with Gasteiger partial charge in [0.15, 0.2) is 17.5 Å². The van der Waals surface area contributed by atoms with E-state index in [4.69, 9.17) is 43.2 Å². The monoisotopic (exact) mass is 1500 g/mol. The summed E-state index contributed by atoms with van der Waals surface area (Å²) >= 11 is 0. The maximum Gasteiger partial charge on any atom is 0.160 e. The summed E-state index contributed by atoms with van der Waals surface area (Å²) in [7, 11) is 0. The SMILES string of the molecule is c1ccc(-c2nc(-c3ccccc3)c3cc(-c4cccc(-c5ccc6c(c5)oc5ccccc56)c4)ccc3n2)cc1.c1ccc(-c2nc(-c3ccccc3)c3ccc(-c4ccc(-c5ccc6oc7ccccc7c6c5)cc4)cc3n2)cc1.c1ccc(-c2nc(-c3ccccc3)c3ccc(-c4ccc5c(c4)oc4ccccc45)cc3n2)cc1. The van der Waals surface area contributed by atoms with Crippen LogP contribution in [0.15, 0.2) is 426 Å². The second-order valence-electron chi connectivity index (χ2n) is 29.2. The van der Waals surface area contributed by atoms with Crippen LogP contribution < -0.4 is 0 Å². The highest BCUT2D eigenvalue weighted by atomic mass is 16.3. The maximum absolute atomic E-state index is 6.16. The van der Waals surface area contributed by atoms with Gasteiger partial charge < -0.3 is 13.3 Å². The lowest BCUT2D eigenvalue weighted by molar-refractivity contribution is 0.668. The summed E-state index contributed by atoms with van der Waals surface area (Å²) in [4.78, 5) is 30.0. The average molecular weight is 1500 g/mol. The first kappa shape index (κ1) is 69.1. The van der Waals surface area contributed by atoms with Gasteiger partial charge in [0.1, 0.15) is 33.5 Å². The van der Waals surface area contributed by atoms with E-state index in [1.54, 1.807) is 0 Å². The van der Waals surface area contributed by atoms with Gasteiger partial charge >= 0.3 is 0 Å². The minimum Gasteiger partial charge on any atom is -0.456 e. The molecule has 0 aliphatic rings. The molecule has 6 heterocycles. The zero-order valence-corrected chi connectivity index (χ0v) is 63.2. The molecule has 0 spiro atoms. The average Bonchev–Trinajstić information content (AvgIpc) is 1.76. The lowest BCUT2D eigenvalue weighted by Gasteiger charge is -2.12. The molecule has 23 rings (SSSR count). The predicted molar refractivity (Wildman–Crippen MR) is 480 cm³/mol. The van der Waals surface area contributed by atoms with Gasteiger partial charge in [-0.1, -0.05) is 315 Å². The third-order valence-corrected chi connectivity index (χ3v) is 21.9. The van der Waals surface area contributed by atoms with Crippen LogP contribution in [0, 0.1) is 0 Å². The standard InChI is InChI=1S/2C38H24N2O.C32H20N2O/c1-3-10-25(11-4-1)37-33-23-29(19-21-34(33)39-38(40-37)26-12-5-2-6-13-26)27-14-9-15-28(22-27)30-18-20-32-31-16-7-8-17-35(31)41-36(32)24-30;1-3-9-27(10-4-1)37-32-21-19-30(24-34(32)39-38(40-37)28-11-5-2-6-12-28)26-17-15-25(16-18-26)29-20-22-36-33(23-29)31-13-7-8-14-35(31)41-36;1-3-9-21(10-4-1)31-27-18-16-23(19-28(27)33-32(34-31)22-11-5-2-6-12-22)24-15-17-26-25-13-7-8-14-29(25)35-30(26)20-24/h2*1-24H;1-20H. The molecule has 0 amide bonds. The van der Waals surface area contributed by atoms with Crippen molar-refractivity contribution in [2.45, 2.75) is 0 Å². The molecule has 9 nitrogen and oxygen atoms in total. The third-order valence-electron chi connectivity index (χ3n) is 21.9. The summed E-state index contributed by atoms with van der Waals surface area (Å²) in [5.74, 6) is 2.18. The summed E-state index contributed by atoms with van der Waals surface area (Å²) < 4.78 is 18.3. The van der Waals surface area contributed by atoms with Gasteiger partial charge in [0.25, 0.3) is 0 Å². The molecule has 0 fully saturated rings. The molecule has 0 N–H and O–H groups in total. The van der Waals surface area contributed by atoms with E-state index in [1.165, 1.54) is 11.1 Å². The van der Waals surface area contributed by atoms with Crippen molar-refractivity contribution in [2.24, 2.45) is 0 Å². The van der Waals surface area contributed by atoms with Crippen LogP contribution in [0.1, 0.15) is 0 Å². The van der Waals surface area contributed by atoms with Gasteiger partial charge in [0.05, 0.1) is 33.6 Å². The minimum atomic E-state index is 0.724. The molecule has 0 aliphatic heterocycles. The van der Waals surface area contributed by atoms with Crippen LogP contribution >= 0.6 is 0 Å². The Balaban J connectivity index is 0.000000110. The molecule has 0 radical (unpaired) electrons. The molecule has 0 saturated heterocycles. The summed E-state index contributed by atoms with van der Waals surface area (Å²) in [6.07, 6.45) is 0. The van der Waals surface area contributed by atoms with Gasteiger partial charge in [-0.25, -0.2) is 29.9 Å². The molecule has 117 heavy (non-hydrogen) atoms. The fraction of sp³-hybridized carbons (Fsp3) is 0. The Kier molecular flexibility index (Phi) is 17.7. The van der Waals surface area contributed by atoms with Crippen molar-refractivity contribution in [1.29, 1.82) is 0 Å². The maximum atomic E-state index is 6.16. The van der Waals surface area contributed by atoms with Crippen LogP contribution in [0.2, 0.25) is 0 Å². The topological polar surface area (TPSA) is 117 Å². The van der Waals surface area contributed by atoms with Gasteiger partial charge in [0.2, 0.25) is 0 Å². The summed E-state index contributed by atoms with van der Waals surface area (Å²) in [5.41, 5.74) is 28.6. The number of furan rings is 3. The van der Waals surface area contributed by atoms with Crippen LogP contribution in [0.25, 0.3) is 222 Å². The highest BCUT2D eigenvalue weighted by molar-refractivity contribution is 6.09. The van der Waals surface area contributed by atoms with E-state index in [1.807, 2.05) is 140 Å². The van der Waals surface area contributed by atoms with Crippen molar-refractivity contribution in [3.8, 4) is 124 Å². The Morgan fingerprint density at radius 3 is 0.829 bits per heavy atom. The van der Waals surface area contributed by atoms with E-state index in [0.29, 0.717) is 0 Å². The molecule has 0 bridgehead atoms. The summed E-state index contributed by atoms with van der Waals surface area (Å²) in [6, 6.07) is 142. The molecule has 0 saturated carbocycles. The molecule has 0 unspecified atom stereocenters. The Bertz CT molecular complexity index is 7660. The van der Waals surface area contributed by atoms with E-state index in [0.717, 1.165) is 211 Å². The van der Waals surface area contributed by atoms with Crippen molar-refractivity contribution >= 4 is 98.5 Å². The Morgan fingerprint density at radius 1 is 0.128 bits per heavy atom. The van der Waals surface area contributed by atoms with Gasteiger partial charge in [-0.05, 0) is 153 Å². The van der Waals surface area contributed by atoms with Crippen molar-refractivity contribution in [2.75, 3.05) is 0 Å². The fourth-order valence-corrected chi connectivity index (χ4v) is 16.0. The van der Waals surface area contributed by atoms with Crippen molar-refractivity contribution in [3.05, 3.63) is 413 Å². The van der Waals surface area contributed by atoms with Crippen LogP contribution in [-0.2, 0) is 0 Å². The van der Waals surface area contributed by atoms with Crippen molar-refractivity contribution in [3.63, 3.8) is 0 Å². The minimum absolute atomic E-state index is 0.724. The van der Waals surface area contributed by atoms with Gasteiger partial charge in [-0.2, -0.15) is 0 Å². The van der Waals surface area contributed by atoms with E-state index in [9.17, 15) is 0 Å². The predicted octanol–water partition coefficient (Wildman–Crippen LogP) is 28.9. The molecule has 0 aliphatic carbocycles.